The van der Waals surface area contributed by atoms with Crippen LogP contribution in [0.4, 0.5) is 16.2 Å². The number of carbonyl (C=O) groups is 2. The molecule has 3 rings (SSSR count). The van der Waals surface area contributed by atoms with Crippen molar-refractivity contribution in [1.29, 1.82) is 0 Å². The quantitative estimate of drug-likeness (QED) is 0.243. The van der Waals surface area contributed by atoms with Gasteiger partial charge in [0, 0.05) is 29.5 Å². The van der Waals surface area contributed by atoms with Crippen LogP contribution in [0.3, 0.4) is 0 Å². The van der Waals surface area contributed by atoms with E-state index in [0.717, 1.165) is 36.5 Å². The number of Topliss-reactive ketones (excluding diaryl/α,β-unsaturated/α-hetero) is 1. The molecular formula is C31H39N3O6. The fraction of sp³-hybridized carbons (Fsp3) is 0.355. The first-order valence-electron chi connectivity index (χ1n) is 13.2. The van der Waals surface area contributed by atoms with Crippen molar-refractivity contribution in [2.75, 3.05) is 58.2 Å². The first-order chi connectivity index (χ1) is 19.2. The molecule has 214 valence electrons. The van der Waals surface area contributed by atoms with Gasteiger partial charge in [-0.1, -0.05) is 19.9 Å². The number of methoxy groups -OCH3 is 3. The Labute approximate surface area is 236 Å². The molecule has 0 saturated heterocycles. The van der Waals surface area contributed by atoms with E-state index in [2.05, 4.69) is 29.4 Å². The molecule has 3 aromatic rings. The summed E-state index contributed by atoms with van der Waals surface area (Å²) < 4.78 is 22.5. The summed E-state index contributed by atoms with van der Waals surface area (Å²) in [5.74, 6) is 2.02. The zero-order valence-electron chi connectivity index (χ0n) is 24.3. The Hall–Kier alpha value is -4.24. The summed E-state index contributed by atoms with van der Waals surface area (Å²) in [6, 6.07) is 13.9. The summed E-state index contributed by atoms with van der Waals surface area (Å²) >= 11 is 0. The summed E-state index contributed by atoms with van der Waals surface area (Å²) in [6.45, 7) is 11.1. The van der Waals surface area contributed by atoms with E-state index in [1.54, 1.807) is 37.4 Å². The molecule has 0 spiro atoms. The summed E-state index contributed by atoms with van der Waals surface area (Å²) in [7, 11) is 4.58. The highest BCUT2D eigenvalue weighted by Gasteiger charge is 2.18. The first kappa shape index (κ1) is 30.3. The van der Waals surface area contributed by atoms with Crippen molar-refractivity contribution in [3.63, 3.8) is 0 Å². The minimum absolute atomic E-state index is 0.102. The van der Waals surface area contributed by atoms with Crippen LogP contribution >= 0.6 is 0 Å². The maximum atomic E-state index is 13.0. The number of nitrogens with zero attached hydrogens (tertiary/aromatic N) is 1. The van der Waals surface area contributed by atoms with E-state index in [4.69, 9.17) is 18.9 Å². The molecule has 0 unspecified atom stereocenters. The Bertz CT molecular complexity index is 1340. The van der Waals surface area contributed by atoms with Crippen LogP contribution in [0.5, 0.6) is 23.0 Å². The third-order valence-electron chi connectivity index (χ3n) is 6.65. The lowest BCUT2D eigenvalue weighted by atomic mass is 9.99. The molecule has 0 atom stereocenters. The zero-order chi connectivity index (χ0) is 29.2. The molecule has 2 N–H and O–H groups in total. The van der Waals surface area contributed by atoms with E-state index in [1.165, 1.54) is 21.1 Å². The number of amides is 2. The number of hydrogen-bond donors (Lipinski definition) is 2. The van der Waals surface area contributed by atoms with E-state index < -0.39 is 6.03 Å². The van der Waals surface area contributed by atoms with Gasteiger partial charge in [-0.2, -0.15) is 0 Å². The topological polar surface area (TPSA) is 98.4 Å². The minimum atomic E-state index is -0.416. The molecule has 0 fully saturated rings. The summed E-state index contributed by atoms with van der Waals surface area (Å²) in [5.41, 5.74) is 3.90. The Kier molecular flexibility index (Phi) is 10.8. The maximum absolute atomic E-state index is 13.0. The number of urea groups is 1. The van der Waals surface area contributed by atoms with Crippen LogP contribution in [0.2, 0.25) is 0 Å². The van der Waals surface area contributed by atoms with Gasteiger partial charge in [-0.25, -0.2) is 4.79 Å². The number of likely N-dealkylation sites (N-methyl/N-ethyl adjacent to an activating group) is 1. The van der Waals surface area contributed by atoms with Crippen molar-refractivity contribution in [2.45, 2.75) is 27.7 Å². The average Bonchev–Trinajstić information content (AvgIpc) is 2.95. The zero-order valence-corrected chi connectivity index (χ0v) is 24.3. The molecule has 0 aliphatic rings. The first-order valence-corrected chi connectivity index (χ1v) is 13.2. The fourth-order valence-electron chi connectivity index (χ4n) is 4.38. The predicted octanol–water partition coefficient (Wildman–Crippen LogP) is 6.26. The van der Waals surface area contributed by atoms with Crippen LogP contribution in [-0.4, -0.2) is 64.3 Å². The molecule has 0 aromatic heterocycles. The second kappa shape index (κ2) is 14.2. The number of benzene rings is 3. The predicted molar refractivity (Wildman–Crippen MR) is 159 cm³/mol. The fourth-order valence-corrected chi connectivity index (χ4v) is 4.38. The van der Waals surface area contributed by atoms with Gasteiger partial charge in [0.25, 0.3) is 0 Å². The number of carbonyl (C=O) groups excluding carboxylic acids is 2. The lowest BCUT2D eigenvalue weighted by Crippen LogP contribution is -2.27. The molecule has 0 aliphatic heterocycles. The molecule has 0 saturated carbocycles. The van der Waals surface area contributed by atoms with Gasteiger partial charge in [-0.05, 0) is 74.5 Å². The van der Waals surface area contributed by atoms with Crippen LogP contribution in [0.25, 0.3) is 11.1 Å². The van der Waals surface area contributed by atoms with Gasteiger partial charge in [0.05, 0.1) is 26.9 Å². The lowest BCUT2D eigenvalue weighted by molar-refractivity contribution is 0.101. The van der Waals surface area contributed by atoms with E-state index in [0.29, 0.717) is 46.4 Å². The SMILES string of the molecule is CCN(CC)CCOc1ccc(NC(=O)Nc2cc(OC)c(OC)c(-c3ccc(C(C)=O)c(OC)c3)c2)c(C)c1. The van der Waals surface area contributed by atoms with Gasteiger partial charge in [-0.3, -0.25) is 4.79 Å². The van der Waals surface area contributed by atoms with Crippen LogP contribution in [0.15, 0.2) is 48.5 Å². The number of nitrogens with one attached hydrogen (secondary N) is 2. The third kappa shape index (κ3) is 7.45. The molecule has 3 aromatic carbocycles. The average molecular weight is 550 g/mol. The summed E-state index contributed by atoms with van der Waals surface area (Å²) in [4.78, 5) is 27.2. The monoisotopic (exact) mass is 549 g/mol. The highest BCUT2D eigenvalue weighted by atomic mass is 16.5. The van der Waals surface area contributed by atoms with E-state index >= 15 is 0 Å². The van der Waals surface area contributed by atoms with Crippen molar-refractivity contribution in [3.05, 3.63) is 59.7 Å². The second-order valence-electron chi connectivity index (χ2n) is 9.16. The summed E-state index contributed by atoms with van der Waals surface area (Å²) in [6.07, 6.45) is 0. The number of ketones is 1. The number of rotatable bonds is 13. The highest BCUT2D eigenvalue weighted by Crippen LogP contribution is 2.42. The van der Waals surface area contributed by atoms with Crippen LogP contribution < -0.4 is 29.6 Å². The number of ether oxygens (including phenoxy) is 4. The lowest BCUT2D eigenvalue weighted by Gasteiger charge is -2.18. The van der Waals surface area contributed by atoms with Crippen LogP contribution in [0, 0.1) is 6.92 Å². The number of hydrogen-bond acceptors (Lipinski definition) is 7. The van der Waals surface area contributed by atoms with Crippen molar-refractivity contribution >= 4 is 23.2 Å². The Morgan fingerprint density at radius 1 is 0.850 bits per heavy atom. The molecule has 2 amide bonds. The Morgan fingerprint density at radius 2 is 1.57 bits per heavy atom. The molecule has 40 heavy (non-hydrogen) atoms. The van der Waals surface area contributed by atoms with E-state index in [1.807, 2.05) is 25.1 Å². The van der Waals surface area contributed by atoms with Crippen molar-refractivity contribution < 1.29 is 28.5 Å². The largest absolute Gasteiger partial charge is 0.496 e. The number of aryl methyl sites for hydroxylation is 1. The molecule has 0 radical (unpaired) electrons. The van der Waals surface area contributed by atoms with Gasteiger partial charge in [-0.15, -0.1) is 0 Å². The van der Waals surface area contributed by atoms with Gasteiger partial charge in [0.2, 0.25) is 0 Å². The van der Waals surface area contributed by atoms with Crippen molar-refractivity contribution in [2.24, 2.45) is 0 Å². The molecule has 9 nitrogen and oxygen atoms in total. The smallest absolute Gasteiger partial charge is 0.323 e. The second-order valence-corrected chi connectivity index (χ2v) is 9.16. The van der Waals surface area contributed by atoms with Gasteiger partial charge >= 0.3 is 6.03 Å². The van der Waals surface area contributed by atoms with Gasteiger partial charge < -0.3 is 34.5 Å². The Morgan fingerprint density at radius 3 is 2.17 bits per heavy atom. The molecule has 0 aliphatic carbocycles. The van der Waals surface area contributed by atoms with E-state index in [-0.39, 0.29) is 5.78 Å². The van der Waals surface area contributed by atoms with Crippen LogP contribution in [0.1, 0.15) is 36.7 Å². The van der Waals surface area contributed by atoms with Gasteiger partial charge in [0.15, 0.2) is 17.3 Å². The minimum Gasteiger partial charge on any atom is -0.496 e. The van der Waals surface area contributed by atoms with Crippen LogP contribution in [-0.2, 0) is 0 Å². The van der Waals surface area contributed by atoms with Crippen molar-refractivity contribution in [3.8, 4) is 34.1 Å². The molecular weight excluding hydrogens is 510 g/mol. The van der Waals surface area contributed by atoms with E-state index in [9.17, 15) is 9.59 Å². The molecule has 0 heterocycles. The molecule has 9 heteroatoms. The normalized spacial score (nSPS) is 10.7. The van der Waals surface area contributed by atoms with Gasteiger partial charge in [0.1, 0.15) is 18.1 Å². The third-order valence-corrected chi connectivity index (χ3v) is 6.65. The maximum Gasteiger partial charge on any atom is 0.323 e. The van der Waals surface area contributed by atoms with Crippen molar-refractivity contribution in [1.82, 2.24) is 4.90 Å². The summed E-state index contributed by atoms with van der Waals surface area (Å²) in [5, 5.41) is 5.78. The Balaban J connectivity index is 1.80. The standard InChI is InChI=1S/C31H39N3O6/c1-8-34(9-2)14-15-40-24-11-13-27(20(3)16-24)33-31(36)32-23-18-26(30(39-7)29(19-23)38-6)22-10-12-25(21(4)35)28(17-22)37-5/h10-13,16-19H,8-9,14-15H2,1-7H3,(H2,32,33,36). The number of anilines is 2. The highest BCUT2D eigenvalue weighted by molar-refractivity contribution is 6.01. The molecule has 0 bridgehead atoms.